The summed E-state index contributed by atoms with van der Waals surface area (Å²) in [5.74, 6) is -0.235. The van der Waals surface area contributed by atoms with Gasteiger partial charge >= 0.3 is 5.97 Å². The Labute approximate surface area is 116 Å². The lowest BCUT2D eigenvalue weighted by Crippen LogP contribution is -2.54. The Bertz CT molecular complexity index is 489. The van der Waals surface area contributed by atoms with Crippen LogP contribution in [0.2, 0.25) is 0 Å². The highest BCUT2D eigenvalue weighted by Crippen LogP contribution is 2.29. The maximum Gasteiger partial charge on any atom is 0.330 e. The van der Waals surface area contributed by atoms with Gasteiger partial charge in [0.1, 0.15) is 5.54 Å². The Balaban J connectivity index is 2.21. The van der Waals surface area contributed by atoms with Crippen molar-refractivity contribution in [1.82, 2.24) is 10.3 Å². The van der Waals surface area contributed by atoms with E-state index in [0.717, 1.165) is 5.75 Å². The molecule has 18 heavy (non-hydrogen) atoms. The molecule has 0 aromatic carbocycles. The number of thioether (sulfide) groups is 1. The quantitative estimate of drug-likeness (QED) is 0.878. The van der Waals surface area contributed by atoms with Crippen molar-refractivity contribution in [3.05, 3.63) is 28.5 Å². The van der Waals surface area contributed by atoms with Crippen molar-refractivity contribution in [3.63, 3.8) is 0 Å². The van der Waals surface area contributed by atoms with Gasteiger partial charge < -0.3 is 10.4 Å². The molecule has 7 heteroatoms. The molecule has 1 amide bonds. The van der Waals surface area contributed by atoms with Crippen LogP contribution in [0.15, 0.2) is 22.9 Å². The Morgan fingerprint density at radius 3 is 2.89 bits per heavy atom. The maximum absolute atomic E-state index is 12.1. The molecule has 1 aromatic rings. The van der Waals surface area contributed by atoms with Gasteiger partial charge in [-0.05, 0) is 34.2 Å². The van der Waals surface area contributed by atoms with Crippen LogP contribution in [-0.4, -0.2) is 39.0 Å². The molecule has 1 fully saturated rings. The van der Waals surface area contributed by atoms with Crippen LogP contribution < -0.4 is 5.32 Å². The molecule has 1 saturated heterocycles. The lowest BCUT2D eigenvalue weighted by molar-refractivity contribution is -0.143. The predicted octanol–water partition coefficient (Wildman–Crippen LogP) is 1.53. The summed E-state index contributed by atoms with van der Waals surface area (Å²) in [6.45, 7) is 0. The van der Waals surface area contributed by atoms with Crippen molar-refractivity contribution in [2.24, 2.45) is 0 Å². The zero-order valence-electron chi connectivity index (χ0n) is 9.35. The lowest BCUT2D eigenvalue weighted by Gasteiger charge is -2.24. The predicted molar refractivity (Wildman–Crippen MR) is 71.7 cm³/mol. The van der Waals surface area contributed by atoms with Crippen LogP contribution in [0.3, 0.4) is 0 Å². The summed E-state index contributed by atoms with van der Waals surface area (Å²) >= 11 is 4.76. The average molecular weight is 331 g/mol. The van der Waals surface area contributed by atoms with Crippen molar-refractivity contribution in [2.45, 2.75) is 12.0 Å². The van der Waals surface area contributed by atoms with Crippen molar-refractivity contribution in [2.75, 3.05) is 11.5 Å². The Morgan fingerprint density at radius 1 is 1.56 bits per heavy atom. The summed E-state index contributed by atoms with van der Waals surface area (Å²) < 4.78 is 0.550. The molecule has 2 heterocycles. The molecule has 96 valence electrons. The van der Waals surface area contributed by atoms with E-state index in [1.54, 1.807) is 6.07 Å². The zero-order valence-corrected chi connectivity index (χ0v) is 11.8. The standard InChI is InChI=1S/C11H11BrN2O3S/c12-8-5-13-3-1-7(8)9(15)14-11(10(16)17)2-4-18-6-11/h1,3,5H,2,4,6H2,(H,14,15)(H,16,17). The van der Waals surface area contributed by atoms with Crippen molar-refractivity contribution >= 4 is 39.6 Å². The number of halogens is 1. The topological polar surface area (TPSA) is 79.3 Å². The average Bonchev–Trinajstić information content (AvgIpc) is 2.79. The van der Waals surface area contributed by atoms with Crippen molar-refractivity contribution in [1.29, 1.82) is 0 Å². The maximum atomic E-state index is 12.1. The van der Waals surface area contributed by atoms with Gasteiger partial charge in [-0.2, -0.15) is 11.8 Å². The first-order valence-corrected chi connectivity index (χ1v) is 7.23. The molecular formula is C11H11BrN2O3S. The van der Waals surface area contributed by atoms with Gasteiger partial charge in [-0.25, -0.2) is 4.79 Å². The molecule has 2 N–H and O–H groups in total. The number of aliphatic carboxylic acids is 1. The summed E-state index contributed by atoms with van der Waals surface area (Å²) in [5, 5.41) is 11.9. The highest BCUT2D eigenvalue weighted by Gasteiger charge is 2.43. The second-order valence-electron chi connectivity index (χ2n) is 4.00. The lowest BCUT2D eigenvalue weighted by atomic mass is 9.98. The van der Waals surface area contributed by atoms with Gasteiger partial charge in [-0.3, -0.25) is 9.78 Å². The third kappa shape index (κ3) is 2.51. The smallest absolute Gasteiger partial charge is 0.330 e. The number of carboxylic acids is 1. The van der Waals surface area contributed by atoms with Crippen LogP contribution >= 0.6 is 27.7 Å². The summed E-state index contributed by atoms with van der Waals surface area (Å²) in [6.07, 6.45) is 3.45. The third-order valence-corrected chi connectivity index (χ3v) is 4.62. The first kappa shape index (κ1) is 13.4. The van der Waals surface area contributed by atoms with Crippen LogP contribution in [0.25, 0.3) is 0 Å². The number of nitrogens with zero attached hydrogens (tertiary/aromatic N) is 1. The SMILES string of the molecule is O=C(NC1(C(=O)O)CCSC1)c1ccncc1Br. The monoisotopic (exact) mass is 330 g/mol. The van der Waals surface area contributed by atoms with E-state index in [9.17, 15) is 14.7 Å². The number of carboxylic acid groups (broad SMARTS) is 1. The fraction of sp³-hybridized carbons (Fsp3) is 0.364. The van der Waals surface area contributed by atoms with Gasteiger partial charge in [0.25, 0.3) is 5.91 Å². The van der Waals surface area contributed by atoms with Crippen LogP contribution in [0.5, 0.6) is 0 Å². The highest BCUT2D eigenvalue weighted by atomic mass is 79.9. The number of hydrogen-bond acceptors (Lipinski definition) is 4. The highest BCUT2D eigenvalue weighted by molar-refractivity contribution is 9.10. The Kier molecular flexibility index (Phi) is 3.91. The van der Waals surface area contributed by atoms with E-state index in [4.69, 9.17) is 0 Å². The first-order valence-electron chi connectivity index (χ1n) is 5.28. The first-order chi connectivity index (χ1) is 8.55. The molecular weight excluding hydrogens is 320 g/mol. The fourth-order valence-corrected chi connectivity index (χ4v) is 3.49. The van der Waals surface area contributed by atoms with Crippen LogP contribution in [0, 0.1) is 0 Å². The molecule has 1 aromatic heterocycles. The Hall–Kier alpha value is -1.08. The largest absolute Gasteiger partial charge is 0.479 e. The molecule has 1 aliphatic heterocycles. The molecule has 1 atom stereocenters. The number of pyridine rings is 1. The fourth-order valence-electron chi connectivity index (χ4n) is 1.73. The summed E-state index contributed by atoms with van der Waals surface area (Å²) in [7, 11) is 0. The molecule has 0 saturated carbocycles. The molecule has 0 spiro atoms. The van der Waals surface area contributed by atoms with Crippen LogP contribution in [0.4, 0.5) is 0 Å². The molecule has 0 radical (unpaired) electrons. The van der Waals surface area contributed by atoms with E-state index in [2.05, 4.69) is 26.2 Å². The van der Waals surface area contributed by atoms with E-state index >= 15 is 0 Å². The number of carbonyl (C=O) groups is 2. The number of aromatic nitrogens is 1. The minimum absolute atomic E-state index is 0.391. The molecule has 1 aliphatic rings. The van der Waals surface area contributed by atoms with Gasteiger partial charge in [-0.1, -0.05) is 0 Å². The molecule has 5 nitrogen and oxygen atoms in total. The molecule has 0 bridgehead atoms. The number of hydrogen-bond donors (Lipinski definition) is 2. The van der Waals surface area contributed by atoms with Crippen LogP contribution in [-0.2, 0) is 4.79 Å². The Morgan fingerprint density at radius 2 is 2.33 bits per heavy atom. The van der Waals surface area contributed by atoms with Crippen molar-refractivity contribution < 1.29 is 14.7 Å². The number of nitrogens with one attached hydrogen (secondary N) is 1. The normalized spacial score (nSPS) is 22.7. The number of rotatable bonds is 3. The van der Waals surface area contributed by atoms with Gasteiger partial charge in [-0.15, -0.1) is 0 Å². The van der Waals surface area contributed by atoms with Gasteiger partial charge in [0.05, 0.1) is 5.56 Å². The van der Waals surface area contributed by atoms with Gasteiger partial charge in [0.15, 0.2) is 0 Å². The van der Waals surface area contributed by atoms with E-state index in [-0.39, 0.29) is 0 Å². The zero-order chi connectivity index (χ0) is 13.2. The molecule has 0 aliphatic carbocycles. The molecule has 2 rings (SSSR count). The second kappa shape index (κ2) is 5.27. The van der Waals surface area contributed by atoms with E-state index < -0.39 is 17.4 Å². The number of carbonyl (C=O) groups excluding carboxylic acids is 1. The number of amides is 1. The van der Waals surface area contributed by atoms with Crippen molar-refractivity contribution in [3.8, 4) is 0 Å². The second-order valence-corrected chi connectivity index (χ2v) is 5.96. The summed E-state index contributed by atoms with van der Waals surface area (Å²) in [5.41, 5.74) is -0.757. The van der Waals surface area contributed by atoms with E-state index in [1.165, 1.54) is 24.2 Å². The summed E-state index contributed by atoms with van der Waals surface area (Å²) in [4.78, 5) is 27.3. The van der Waals surface area contributed by atoms with Gasteiger partial charge in [0.2, 0.25) is 0 Å². The van der Waals surface area contributed by atoms with Gasteiger partial charge in [0, 0.05) is 22.6 Å². The third-order valence-electron chi connectivity index (χ3n) is 2.80. The molecule has 1 unspecified atom stereocenters. The van der Waals surface area contributed by atoms with E-state index in [0.29, 0.717) is 22.2 Å². The minimum atomic E-state index is -1.15. The minimum Gasteiger partial charge on any atom is -0.479 e. The van der Waals surface area contributed by atoms with Crippen LogP contribution in [0.1, 0.15) is 16.8 Å². The summed E-state index contributed by atoms with van der Waals surface area (Å²) in [6, 6.07) is 1.55. The van der Waals surface area contributed by atoms with E-state index in [1.807, 2.05) is 0 Å².